The van der Waals surface area contributed by atoms with E-state index in [2.05, 4.69) is 10.9 Å². The lowest BCUT2D eigenvalue weighted by Crippen LogP contribution is -2.45. The standard InChI is InChI=1S/C16H21N5O4/c17-15(22)11-5-7-20(8-6-11)16(23)13-9-18-19-14(13)10-1-3-12(4-2-10)21(24)25/h1-4,11,13-14,18-19H,5-9H2,(H2,17,22). The molecule has 2 heterocycles. The van der Waals surface area contributed by atoms with Crippen molar-refractivity contribution in [3.8, 4) is 0 Å². The third-order valence-corrected chi connectivity index (χ3v) is 4.97. The minimum Gasteiger partial charge on any atom is -0.369 e. The van der Waals surface area contributed by atoms with Crippen LogP contribution in [-0.2, 0) is 9.59 Å². The van der Waals surface area contributed by atoms with E-state index in [0.717, 1.165) is 5.56 Å². The van der Waals surface area contributed by atoms with Crippen molar-refractivity contribution in [1.82, 2.24) is 15.8 Å². The predicted molar refractivity (Wildman–Crippen MR) is 89.0 cm³/mol. The molecule has 2 aliphatic heterocycles. The predicted octanol–water partition coefficient (Wildman–Crippen LogP) is 0.0838. The minimum atomic E-state index is -0.449. The number of likely N-dealkylation sites (tertiary alicyclic amines) is 1. The first-order valence-corrected chi connectivity index (χ1v) is 8.28. The third-order valence-electron chi connectivity index (χ3n) is 4.97. The van der Waals surface area contributed by atoms with E-state index in [-0.39, 0.29) is 35.4 Å². The molecule has 0 radical (unpaired) electrons. The molecule has 0 bridgehead atoms. The van der Waals surface area contributed by atoms with Crippen LogP contribution in [0.4, 0.5) is 5.69 Å². The van der Waals surface area contributed by atoms with Gasteiger partial charge in [-0.3, -0.25) is 25.1 Å². The zero-order chi connectivity index (χ0) is 18.0. The number of rotatable bonds is 4. The Kier molecular flexibility index (Phi) is 4.95. The SMILES string of the molecule is NC(=O)C1CCN(C(=O)C2CNNC2c2ccc([N+](=O)[O-])cc2)CC1. The van der Waals surface area contributed by atoms with Gasteiger partial charge in [-0.05, 0) is 18.4 Å². The van der Waals surface area contributed by atoms with Crippen molar-refractivity contribution in [3.05, 3.63) is 39.9 Å². The summed E-state index contributed by atoms with van der Waals surface area (Å²) in [4.78, 5) is 36.2. The maximum atomic E-state index is 12.9. The number of primary amides is 1. The molecule has 9 heteroatoms. The van der Waals surface area contributed by atoms with Gasteiger partial charge >= 0.3 is 0 Å². The van der Waals surface area contributed by atoms with Crippen molar-refractivity contribution in [3.63, 3.8) is 0 Å². The molecule has 0 aromatic heterocycles. The zero-order valence-electron chi connectivity index (χ0n) is 13.7. The minimum absolute atomic E-state index is 0.0174. The molecular weight excluding hydrogens is 326 g/mol. The lowest BCUT2D eigenvalue weighted by molar-refractivity contribution is -0.384. The molecule has 9 nitrogen and oxygen atoms in total. The number of carbonyl (C=O) groups is 2. The Morgan fingerprint density at radius 3 is 2.40 bits per heavy atom. The molecule has 2 unspecified atom stereocenters. The number of carbonyl (C=O) groups excluding carboxylic acids is 2. The number of nitro benzene ring substituents is 1. The number of nitrogens with one attached hydrogen (secondary N) is 2. The van der Waals surface area contributed by atoms with Gasteiger partial charge in [0.05, 0.1) is 16.9 Å². The molecular formula is C16H21N5O4. The fraction of sp³-hybridized carbons (Fsp3) is 0.500. The van der Waals surface area contributed by atoms with Crippen LogP contribution in [0.2, 0.25) is 0 Å². The van der Waals surface area contributed by atoms with Crippen molar-refractivity contribution in [2.75, 3.05) is 19.6 Å². The van der Waals surface area contributed by atoms with Gasteiger partial charge in [0.2, 0.25) is 11.8 Å². The van der Waals surface area contributed by atoms with Gasteiger partial charge < -0.3 is 10.6 Å². The monoisotopic (exact) mass is 347 g/mol. The first-order valence-electron chi connectivity index (χ1n) is 8.28. The van der Waals surface area contributed by atoms with Crippen LogP contribution in [0, 0.1) is 22.0 Å². The highest BCUT2D eigenvalue weighted by Crippen LogP contribution is 2.29. The summed E-state index contributed by atoms with van der Waals surface area (Å²) >= 11 is 0. The van der Waals surface area contributed by atoms with E-state index >= 15 is 0 Å². The number of benzene rings is 1. The second kappa shape index (κ2) is 7.16. The highest BCUT2D eigenvalue weighted by molar-refractivity contribution is 5.81. The Balaban J connectivity index is 1.68. The van der Waals surface area contributed by atoms with Gasteiger partial charge in [0.25, 0.3) is 5.69 Å². The number of nitrogens with two attached hydrogens (primary N) is 1. The van der Waals surface area contributed by atoms with E-state index in [9.17, 15) is 19.7 Å². The Hall–Kier alpha value is -2.52. The molecule has 25 heavy (non-hydrogen) atoms. The highest BCUT2D eigenvalue weighted by atomic mass is 16.6. The third kappa shape index (κ3) is 3.62. The first kappa shape index (κ1) is 17.3. The molecule has 1 aromatic carbocycles. The second-order valence-corrected chi connectivity index (χ2v) is 6.46. The average molecular weight is 347 g/mol. The molecule has 2 atom stereocenters. The van der Waals surface area contributed by atoms with Gasteiger partial charge in [-0.2, -0.15) is 0 Å². The number of hydrogen-bond donors (Lipinski definition) is 3. The largest absolute Gasteiger partial charge is 0.369 e. The normalized spacial score (nSPS) is 24.2. The Labute approximate surface area is 144 Å². The summed E-state index contributed by atoms with van der Waals surface area (Å²) < 4.78 is 0. The molecule has 0 saturated carbocycles. The number of hydrazine groups is 1. The van der Waals surface area contributed by atoms with Crippen molar-refractivity contribution in [2.45, 2.75) is 18.9 Å². The van der Waals surface area contributed by atoms with E-state index < -0.39 is 4.92 Å². The number of piperidine rings is 1. The molecule has 134 valence electrons. The van der Waals surface area contributed by atoms with Crippen LogP contribution in [0.1, 0.15) is 24.4 Å². The summed E-state index contributed by atoms with van der Waals surface area (Å²) in [6.07, 6.45) is 1.19. The highest BCUT2D eigenvalue weighted by Gasteiger charge is 2.38. The number of hydrogen-bond acceptors (Lipinski definition) is 6. The number of amides is 2. The number of nitro groups is 1. The van der Waals surface area contributed by atoms with Crippen molar-refractivity contribution in [1.29, 1.82) is 0 Å². The topological polar surface area (TPSA) is 131 Å². The molecule has 2 aliphatic rings. The maximum absolute atomic E-state index is 12.9. The van der Waals surface area contributed by atoms with Gasteiger partial charge in [0.15, 0.2) is 0 Å². The van der Waals surface area contributed by atoms with Crippen molar-refractivity contribution >= 4 is 17.5 Å². The smallest absolute Gasteiger partial charge is 0.269 e. The molecule has 0 spiro atoms. The zero-order valence-corrected chi connectivity index (χ0v) is 13.7. The van der Waals surface area contributed by atoms with Gasteiger partial charge in [0.1, 0.15) is 0 Å². The van der Waals surface area contributed by atoms with Crippen LogP contribution in [0.5, 0.6) is 0 Å². The lowest BCUT2D eigenvalue weighted by atomic mass is 9.91. The van der Waals surface area contributed by atoms with Gasteiger partial charge in [-0.25, -0.2) is 5.43 Å². The molecule has 2 amide bonds. The summed E-state index contributed by atoms with van der Waals surface area (Å²) in [6, 6.07) is 5.97. The summed E-state index contributed by atoms with van der Waals surface area (Å²) in [6.45, 7) is 1.53. The van der Waals surface area contributed by atoms with Gasteiger partial charge in [-0.15, -0.1) is 0 Å². The van der Waals surface area contributed by atoms with Crippen molar-refractivity contribution in [2.24, 2.45) is 17.6 Å². The lowest BCUT2D eigenvalue weighted by Gasteiger charge is -2.33. The fourth-order valence-electron chi connectivity index (χ4n) is 3.47. The van der Waals surface area contributed by atoms with Crippen LogP contribution in [0.25, 0.3) is 0 Å². The average Bonchev–Trinajstić information content (AvgIpc) is 3.11. The fourth-order valence-corrected chi connectivity index (χ4v) is 3.47. The van der Waals surface area contributed by atoms with E-state index in [1.165, 1.54) is 12.1 Å². The molecule has 4 N–H and O–H groups in total. The number of nitrogens with zero attached hydrogens (tertiary/aromatic N) is 2. The van der Waals surface area contributed by atoms with Crippen LogP contribution >= 0.6 is 0 Å². The van der Waals surface area contributed by atoms with Gasteiger partial charge in [-0.1, -0.05) is 12.1 Å². The van der Waals surface area contributed by atoms with Crippen LogP contribution in [-0.4, -0.2) is 41.3 Å². The van der Waals surface area contributed by atoms with E-state index in [4.69, 9.17) is 5.73 Å². The molecule has 2 saturated heterocycles. The van der Waals surface area contributed by atoms with E-state index in [1.807, 2.05) is 0 Å². The number of non-ortho nitro benzene ring substituents is 1. The van der Waals surface area contributed by atoms with Crippen LogP contribution in [0.3, 0.4) is 0 Å². The molecule has 1 aromatic rings. The summed E-state index contributed by atoms with van der Waals surface area (Å²) in [5.74, 6) is -0.746. The molecule has 2 fully saturated rings. The molecule has 0 aliphatic carbocycles. The first-order chi connectivity index (χ1) is 12.0. The van der Waals surface area contributed by atoms with Gasteiger partial charge in [0, 0.05) is 37.7 Å². The van der Waals surface area contributed by atoms with Crippen LogP contribution < -0.4 is 16.6 Å². The quantitative estimate of drug-likeness (QED) is 0.522. The second-order valence-electron chi connectivity index (χ2n) is 6.46. The van der Waals surface area contributed by atoms with Crippen LogP contribution in [0.15, 0.2) is 24.3 Å². The van der Waals surface area contributed by atoms with E-state index in [1.54, 1.807) is 17.0 Å². The van der Waals surface area contributed by atoms with Crippen molar-refractivity contribution < 1.29 is 14.5 Å². The Bertz CT molecular complexity index is 670. The summed E-state index contributed by atoms with van der Waals surface area (Å²) in [5.41, 5.74) is 12.2. The van der Waals surface area contributed by atoms with E-state index in [0.29, 0.717) is 32.5 Å². The Morgan fingerprint density at radius 2 is 1.84 bits per heavy atom. The molecule has 3 rings (SSSR count). The Morgan fingerprint density at radius 1 is 1.20 bits per heavy atom. The maximum Gasteiger partial charge on any atom is 0.269 e. The summed E-state index contributed by atoms with van der Waals surface area (Å²) in [5, 5.41) is 10.8. The summed E-state index contributed by atoms with van der Waals surface area (Å²) in [7, 11) is 0.